The molecule has 0 amide bonds. The zero-order valence-corrected chi connectivity index (χ0v) is 35.5. The van der Waals surface area contributed by atoms with E-state index in [1.54, 1.807) is 17.7 Å². The molecule has 1 radical (unpaired) electrons. The number of aromatic nitrogens is 2. The molecule has 0 fully saturated rings. The molecule has 4 nitrogen and oxygen atoms in total. The van der Waals surface area contributed by atoms with Crippen LogP contribution in [-0.4, -0.2) is 20.9 Å². The zero-order chi connectivity index (χ0) is 35.2. The van der Waals surface area contributed by atoms with Crippen molar-refractivity contribution >= 4 is 80.3 Å². The third-order valence-electron chi connectivity index (χ3n) is 10.7. The van der Waals surface area contributed by atoms with Gasteiger partial charge in [0.15, 0.2) is 5.78 Å². The maximum Gasteiger partial charge on any atom is 0.164 e. The second kappa shape index (κ2) is 15.0. The van der Waals surface area contributed by atoms with Crippen LogP contribution >= 0.6 is 34.0 Å². The SMILES string of the molecule is CCC(C)(CC)C(=O)/C=C(\O)C(C)(CC)CC.Cc1sc2ccc3c4ncnc(-c5[c-]c6ccsc6c(C(C)(C)C)c5)c4sc3c2c1C.[Ir]. The summed E-state index contributed by atoms with van der Waals surface area (Å²) in [7, 11) is 0. The van der Waals surface area contributed by atoms with Crippen molar-refractivity contribution in [1.82, 2.24) is 9.97 Å². The summed E-state index contributed by atoms with van der Waals surface area (Å²) < 4.78 is 5.15. The second-order valence-electron chi connectivity index (χ2n) is 14.5. The first-order valence-corrected chi connectivity index (χ1v) is 19.6. The smallest absolute Gasteiger partial charge is 0.164 e. The van der Waals surface area contributed by atoms with Crippen LogP contribution in [0.15, 0.2) is 47.8 Å². The number of carbonyl (C=O) groups is 1. The Morgan fingerprint density at radius 2 is 1.53 bits per heavy atom. The van der Waals surface area contributed by atoms with Gasteiger partial charge in [-0.25, -0.2) is 4.98 Å². The van der Waals surface area contributed by atoms with Crippen LogP contribution < -0.4 is 0 Å². The van der Waals surface area contributed by atoms with E-state index in [1.165, 1.54) is 52.3 Å². The molecule has 0 unspecified atom stereocenters. The molecule has 0 aliphatic carbocycles. The van der Waals surface area contributed by atoms with Crippen molar-refractivity contribution in [3.63, 3.8) is 0 Å². The molecule has 0 saturated carbocycles. The Morgan fingerprint density at radius 1 is 0.878 bits per heavy atom. The van der Waals surface area contributed by atoms with E-state index in [9.17, 15) is 9.90 Å². The summed E-state index contributed by atoms with van der Waals surface area (Å²) in [4.78, 5) is 23.0. The average molecular weight is 890 g/mol. The molecular weight excluding hydrogens is 841 g/mol. The van der Waals surface area contributed by atoms with Gasteiger partial charge in [0, 0.05) is 72.5 Å². The third kappa shape index (κ3) is 7.32. The van der Waals surface area contributed by atoms with Gasteiger partial charge in [-0.15, -0.1) is 46.3 Å². The molecule has 0 aliphatic heterocycles. The van der Waals surface area contributed by atoms with E-state index in [4.69, 9.17) is 9.97 Å². The number of aliphatic hydroxyl groups is 1. The van der Waals surface area contributed by atoms with Crippen molar-refractivity contribution in [2.45, 2.75) is 107 Å². The monoisotopic (exact) mass is 890 g/mol. The van der Waals surface area contributed by atoms with E-state index in [0.29, 0.717) is 0 Å². The van der Waals surface area contributed by atoms with Gasteiger partial charge in [0.25, 0.3) is 0 Å². The van der Waals surface area contributed by atoms with Gasteiger partial charge in [-0.3, -0.25) is 9.78 Å². The number of thiophene rings is 3. The van der Waals surface area contributed by atoms with E-state index in [1.807, 2.05) is 64.2 Å². The Bertz CT molecular complexity index is 2150. The second-order valence-corrected chi connectivity index (χ2v) is 17.7. The number of hydrogen-bond donors (Lipinski definition) is 1. The van der Waals surface area contributed by atoms with Gasteiger partial charge in [-0.1, -0.05) is 73.4 Å². The third-order valence-corrected chi connectivity index (χ3v) is 14.0. The van der Waals surface area contributed by atoms with Gasteiger partial charge in [0.05, 0.1) is 5.52 Å². The molecule has 0 aliphatic rings. The number of nitrogens with zero attached hydrogens (tertiary/aromatic N) is 2. The van der Waals surface area contributed by atoms with Crippen LogP contribution in [0.25, 0.3) is 51.7 Å². The molecule has 0 spiro atoms. The quantitative estimate of drug-likeness (QED) is 0.0939. The molecule has 0 saturated heterocycles. The minimum absolute atomic E-state index is 0. The fraction of sp³-hybridized carbons (Fsp3) is 0.439. The maximum absolute atomic E-state index is 12.2. The number of benzene rings is 2. The van der Waals surface area contributed by atoms with E-state index in [-0.39, 0.29) is 47.9 Å². The Hall–Kier alpha value is -2.48. The van der Waals surface area contributed by atoms with Crippen LogP contribution in [0.1, 0.15) is 104 Å². The van der Waals surface area contributed by atoms with Crippen molar-refractivity contribution in [3.8, 4) is 11.3 Å². The normalized spacial score (nSPS) is 12.8. The number of aryl methyl sites for hydroxylation is 2. The zero-order valence-electron chi connectivity index (χ0n) is 30.7. The number of rotatable bonds is 8. The van der Waals surface area contributed by atoms with Crippen molar-refractivity contribution in [2.24, 2.45) is 10.8 Å². The molecule has 4 aromatic heterocycles. The number of fused-ring (bicyclic) bond motifs is 6. The van der Waals surface area contributed by atoms with Crippen LogP contribution in [0.3, 0.4) is 0 Å². The topological polar surface area (TPSA) is 63.1 Å². The fourth-order valence-corrected chi connectivity index (χ4v) is 9.63. The predicted octanol–water partition coefficient (Wildman–Crippen LogP) is 13.3. The van der Waals surface area contributed by atoms with Crippen molar-refractivity contribution in [1.29, 1.82) is 0 Å². The fourth-order valence-electron chi connectivity index (χ4n) is 6.05. The Balaban J connectivity index is 0.000000260. The van der Waals surface area contributed by atoms with E-state index in [2.05, 4.69) is 70.3 Å². The number of ketones is 1. The predicted molar refractivity (Wildman–Crippen MR) is 211 cm³/mol. The van der Waals surface area contributed by atoms with Gasteiger partial charge in [0.1, 0.15) is 12.1 Å². The summed E-state index contributed by atoms with van der Waals surface area (Å²) in [6.07, 6.45) is 6.46. The van der Waals surface area contributed by atoms with E-state index in [0.717, 1.165) is 47.2 Å². The number of aliphatic hydroxyl groups excluding tert-OH is 1. The molecule has 0 atom stereocenters. The van der Waals surface area contributed by atoms with Gasteiger partial charge < -0.3 is 5.11 Å². The number of hydrogen-bond acceptors (Lipinski definition) is 7. The molecule has 6 rings (SSSR count). The first kappa shape index (κ1) is 39.3. The minimum atomic E-state index is -0.337. The van der Waals surface area contributed by atoms with E-state index >= 15 is 0 Å². The van der Waals surface area contributed by atoms with Crippen molar-refractivity contribution in [3.05, 3.63) is 69.9 Å². The van der Waals surface area contributed by atoms with Crippen LogP contribution in [-0.2, 0) is 30.3 Å². The summed E-state index contributed by atoms with van der Waals surface area (Å²) in [5, 5.41) is 16.1. The van der Waals surface area contributed by atoms with Gasteiger partial charge in [0.2, 0.25) is 0 Å². The average Bonchev–Trinajstić information content (AvgIpc) is 3.78. The van der Waals surface area contributed by atoms with Crippen LogP contribution in [0, 0.1) is 30.7 Å². The van der Waals surface area contributed by atoms with Gasteiger partial charge >= 0.3 is 0 Å². The molecule has 49 heavy (non-hydrogen) atoms. The summed E-state index contributed by atoms with van der Waals surface area (Å²) in [5.74, 6) is 0.286. The summed E-state index contributed by atoms with van der Waals surface area (Å²) >= 11 is 5.50. The number of allylic oxidation sites excluding steroid dienone is 2. The Labute approximate surface area is 317 Å². The first-order valence-electron chi connectivity index (χ1n) is 17.1. The van der Waals surface area contributed by atoms with Crippen molar-refractivity contribution < 1.29 is 30.0 Å². The van der Waals surface area contributed by atoms with Crippen LogP contribution in [0.4, 0.5) is 0 Å². The summed E-state index contributed by atoms with van der Waals surface area (Å²) in [5.41, 5.74) is 5.28. The summed E-state index contributed by atoms with van der Waals surface area (Å²) in [6, 6.07) is 12.6. The summed E-state index contributed by atoms with van der Waals surface area (Å²) in [6.45, 7) is 23.4. The van der Waals surface area contributed by atoms with Gasteiger partial charge in [-0.05, 0) is 72.7 Å². The molecule has 2 aromatic carbocycles. The van der Waals surface area contributed by atoms with Crippen LogP contribution in [0.2, 0.25) is 0 Å². The molecular formula is C41H49IrN2O2S3-. The molecule has 8 heteroatoms. The van der Waals surface area contributed by atoms with E-state index < -0.39 is 0 Å². The largest absolute Gasteiger partial charge is 0.512 e. The number of carbonyl (C=O) groups excluding carboxylic acids is 1. The molecule has 6 aromatic rings. The van der Waals surface area contributed by atoms with Crippen LogP contribution in [0.5, 0.6) is 0 Å². The first-order chi connectivity index (χ1) is 22.6. The molecule has 1 N–H and O–H groups in total. The van der Waals surface area contributed by atoms with Gasteiger partial charge in [-0.2, -0.15) is 11.3 Å². The molecule has 263 valence electrons. The standard InChI is InChI=1S/C26H21N2S3.C15H28O2.Ir/c1-13-14(2)30-19-7-6-17-22-25(31-24(17)20(13)19)21(27-12-28-22)16-10-15-8-9-29-23(15)18(11-16)26(3,4)5;1-7-14(5,8-2)12(16)11-13(17)15(6,9-3)10-4;/h6-9,11-12H,1-5H3;11,16H,7-10H2,1-6H3;/q-1;;/b;12-11-;. The Kier molecular flexibility index (Phi) is 12.0. The Morgan fingerprint density at radius 3 is 2.14 bits per heavy atom. The van der Waals surface area contributed by atoms with Crippen molar-refractivity contribution in [2.75, 3.05) is 0 Å². The molecule has 0 bridgehead atoms. The molecule has 4 heterocycles. The minimum Gasteiger partial charge on any atom is -0.512 e. The maximum atomic E-state index is 12.2.